The van der Waals surface area contributed by atoms with Crippen LogP contribution in [-0.4, -0.2) is 32.0 Å². The maximum Gasteiger partial charge on any atom is 0.149 e. The predicted octanol–water partition coefficient (Wildman–Crippen LogP) is 2.22. The number of fused-ring (bicyclic) bond motifs is 1. The van der Waals surface area contributed by atoms with Crippen molar-refractivity contribution < 1.29 is 4.74 Å². The molecule has 2 atom stereocenters. The van der Waals surface area contributed by atoms with Crippen molar-refractivity contribution in [2.24, 2.45) is 0 Å². The Balaban J connectivity index is 1.74. The molecule has 1 aromatic heterocycles. The molecule has 0 spiro atoms. The van der Waals surface area contributed by atoms with E-state index in [0.717, 1.165) is 31.0 Å². The minimum Gasteiger partial charge on any atom is -0.368 e. The minimum atomic E-state index is -0.147. The Hall–Kier alpha value is -0.940. The molecule has 3 rings (SSSR count). The predicted molar refractivity (Wildman–Crippen MR) is 77.5 cm³/mol. The number of hydrogen-bond donors (Lipinski definition) is 1. The van der Waals surface area contributed by atoms with E-state index in [1.54, 1.807) is 0 Å². The van der Waals surface area contributed by atoms with E-state index in [-0.39, 0.29) is 17.2 Å². The molecule has 0 radical (unpaired) electrons. The first-order valence-corrected chi connectivity index (χ1v) is 7.67. The second kappa shape index (κ2) is 4.53. The molecule has 1 fully saturated rings. The molecule has 2 unspecified atom stereocenters. The van der Waals surface area contributed by atoms with Crippen LogP contribution in [0.3, 0.4) is 0 Å². The Morgan fingerprint density at radius 3 is 2.70 bits per heavy atom. The molecule has 0 amide bonds. The highest BCUT2D eigenvalue weighted by molar-refractivity contribution is 5.07. The fourth-order valence-corrected chi connectivity index (χ4v) is 3.69. The summed E-state index contributed by atoms with van der Waals surface area (Å²) < 4.78 is 8.42. The molecule has 0 bridgehead atoms. The molecule has 1 aromatic rings. The van der Waals surface area contributed by atoms with Crippen LogP contribution in [0.1, 0.15) is 65.2 Å². The van der Waals surface area contributed by atoms with Gasteiger partial charge in [-0.25, -0.2) is 0 Å². The van der Waals surface area contributed by atoms with Crippen LogP contribution in [0.5, 0.6) is 0 Å². The Bertz CT molecular complexity index is 506. The number of nitrogens with zero attached hydrogens (tertiary/aromatic N) is 3. The van der Waals surface area contributed by atoms with Gasteiger partial charge in [-0.05, 0) is 47.5 Å². The molecule has 1 saturated heterocycles. The van der Waals surface area contributed by atoms with E-state index >= 15 is 0 Å². The normalized spacial score (nSPS) is 28.6. The molecule has 5 nitrogen and oxygen atoms in total. The molecule has 0 aliphatic carbocycles. The fraction of sp³-hybridized carbons (Fsp3) is 0.867. The van der Waals surface area contributed by atoms with Crippen molar-refractivity contribution in [3.05, 3.63) is 11.6 Å². The van der Waals surface area contributed by atoms with E-state index in [2.05, 4.69) is 54.7 Å². The zero-order valence-electron chi connectivity index (χ0n) is 13.2. The molecule has 5 heteroatoms. The number of aryl methyl sites for hydroxylation is 1. The summed E-state index contributed by atoms with van der Waals surface area (Å²) in [6.45, 7) is 11.9. The van der Waals surface area contributed by atoms with Crippen LogP contribution in [0.25, 0.3) is 0 Å². The SMILES string of the molecule is CC(NC1CC(C)(C)OC1(C)C)c1nnc2n1CCC2. The summed E-state index contributed by atoms with van der Waals surface area (Å²) in [5, 5.41) is 12.4. The van der Waals surface area contributed by atoms with Gasteiger partial charge >= 0.3 is 0 Å². The standard InChI is InChI=1S/C15H26N4O/c1-10(13-18-17-12-7-6-8-19(12)13)16-11-9-14(2,3)20-15(11,4)5/h10-11,16H,6-9H2,1-5H3. The summed E-state index contributed by atoms with van der Waals surface area (Å²) in [7, 11) is 0. The number of nitrogens with one attached hydrogen (secondary N) is 1. The van der Waals surface area contributed by atoms with Crippen LogP contribution in [0.15, 0.2) is 0 Å². The van der Waals surface area contributed by atoms with Gasteiger partial charge in [0.05, 0.1) is 17.2 Å². The lowest BCUT2D eigenvalue weighted by molar-refractivity contribution is -0.0704. The third-order valence-electron chi connectivity index (χ3n) is 4.55. The second-order valence-electron chi connectivity index (χ2n) is 7.34. The second-order valence-corrected chi connectivity index (χ2v) is 7.34. The molecule has 20 heavy (non-hydrogen) atoms. The van der Waals surface area contributed by atoms with Crippen molar-refractivity contribution in [2.45, 2.75) is 83.7 Å². The van der Waals surface area contributed by atoms with Gasteiger partial charge in [0, 0.05) is 19.0 Å². The maximum absolute atomic E-state index is 6.15. The third-order valence-corrected chi connectivity index (χ3v) is 4.55. The molecule has 0 saturated carbocycles. The van der Waals surface area contributed by atoms with Crippen LogP contribution in [0.4, 0.5) is 0 Å². The number of ether oxygens (including phenoxy) is 1. The van der Waals surface area contributed by atoms with Crippen LogP contribution >= 0.6 is 0 Å². The number of aromatic nitrogens is 3. The molecule has 1 N–H and O–H groups in total. The lowest BCUT2D eigenvalue weighted by Gasteiger charge is -2.29. The molecule has 2 aliphatic rings. The van der Waals surface area contributed by atoms with Gasteiger partial charge in [-0.15, -0.1) is 10.2 Å². The van der Waals surface area contributed by atoms with Gasteiger partial charge in [0.2, 0.25) is 0 Å². The van der Waals surface area contributed by atoms with Gasteiger partial charge in [0.25, 0.3) is 0 Å². The zero-order chi connectivity index (χ0) is 14.5. The van der Waals surface area contributed by atoms with E-state index in [9.17, 15) is 0 Å². The summed E-state index contributed by atoms with van der Waals surface area (Å²) >= 11 is 0. The lowest BCUT2D eigenvalue weighted by atomic mass is 9.94. The van der Waals surface area contributed by atoms with Gasteiger partial charge in [-0.1, -0.05) is 0 Å². The average Bonchev–Trinajstić information content (AvgIpc) is 2.90. The highest BCUT2D eigenvalue weighted by Crippen LogP contribution is 2.38. The van der Waals surface area contributed by atoms with E-state index in [1.165, 1.54) is 6.42 Å². The van der Waals surface area contributed by atoms with Gasteiger partial charge in [-0.3, -0.25) is 0 Å². The number of hydrogen-bond acceptors (Lipinski definition) is 4. The third kappa shape index (κ3) is 2.37. The summed E-state index contributed by atoms with van der Waals surface area (Å²) in [5.41, 5.74) is -0.209. The largest absolute Gasteiger partial charge is 0.368 e. The molecule has 3 heterocycles. The monoisotopic (exact) mass is 278 g/mol. The van der Waals surface area contributed by atoms with Gasteiger partial charge in [0.1, 0.15) is 11.6 Å². The van der Waals surface area contributed by atoms with Crippen LogP contribution in [0.2, 0.25) is 0 Å². The Morgan fingerprint density at radius 1 is 1.30 bits per heavy atom. The highest BCUT2D eigenvalue weighted by Gasteiger charge is 2.46. The first kappa shape index (κ1) is 14.0. The minimum absolute atomic E-state index is 0.0618. The van der Waals surface area contributed by atoms with Gasteiger partial charge in [-0.2, -0.15) is 0 Å². The molecular weight excluding hydrogens is 252 g/mol. The van der Waals surface area contributed by atoms with Crippen LogP contribution < -0.4 is 5.32 Å². The van der Waals surface area contributed by atoms with Crippen molar-refractivity contribution in [1.29, 1.82) is 0 Å². The summed E-state index contributed by atoms with van der Waals surface area (Å²) in [6.07, 6.45) is 3.27. The Labute approximate surface area is 121 Å². The van der Waals surface area contributed by atoms with Crippen molar-refractivity contribution in [3.63, 3.8) is 0 Å². The highest BCUT2D eigenvalue weighted by atomic mass is 16.5. The topological polar surface area (TPSA) is 52.0 Å². The van der Waals surface area contributed by atoms with Gasteiger partial charge in [0.15, 0.2) is 0 Å². The van der Waals surface area contributed by atoms with Crippen LogP contribution in [-0.2, 0) is 17.7 Å². The maximum atomic E-state index is 6.15. The first-order valence-electron chi connectivity index (χ1n) is 7.67. The van der Waals surface area contributed by atoms with Gasteiger partial charge < -0.3 is 14.6 Å². The Kier molecular flexibility index (Phi) is 3.18. The molecule has 2 aliphatic heterocycles. The summed E-state index contributed by atoms with van der Waals surface area (Å²) in [5.74, 6) is 2.20. The smallest absolute Gasteiger partial charge is 0.149 e. The van der Waals surface area contributed by atoms with E-state index in [0.29, 0.717) is 6.04 Å². The van der Waals surface area contributed by atoms with E-state index in [1.807, 2.05) is 0 Å². The summed E-state index contributed by atoms with van der Waals surface area (Å²) in [6, 6.07) is 0.540. The van der Waals surface area contributed by atoms with E-state index in [4.69, 9.17) is 4.74 Å². The fourth-order valence-electron chi connectivity index (χ4n) is 3.69. The molecule has 112 valence electrons. The van der Waals surface area contributed by atoms with Crippen molar-refractivity contribution in [1.82, 2.24) is 20.1 Å². The number of rotatable bonds is 3. The Morgan fingerprint density at radius 2 is 2.05 bits per heavy atom. The van der Waals surface area contributed by atoms with Crippen LogP contribution in [0, 0.1) is 0 Å². The first-order chi connectivity index (χ1) is 9.28. The van der Waals surface area contributed by atoms with Crippen molar-refractivity contribution >= 4 is 0 Å². The quantitative estimate of drug-likeness (QED) is 0.921. The average molecular weight is 278 g/mol. The van der Waals surface area contributed by atoms with Crippen molar-refractivity contribution in [3.8, 4) is 0 Å². The van der Waals surface area contributed by atoms with Crippen molar-refractivity contribution in [2.75, 3.05) is 0 Å². The summed E-state index contributed by atoms with van der Waals surface area (Å²) in [4.78, 5) is 0. The van der Waals surface area contributed by atoms with E-state index < -0.39 is 0 Å². The molecular formula is C15H26N4O. The zero-order valence-corrected chi connectivity index (χ0v) is 13.2. The lowest BCUT2D eigenvalue weighted by Crippen LogP contribution is -2.44. The molecule has 0 aromatic carbocycles.